The first kappa shape index (κ1) is 13.1. The van der Waals surface area contributed by atoms with Crippen LogP contribution >= 0.6 is 0 Å². The van der Waals surface area contributed by atoms with E-state index in [9.17, 15) is 4.79 Å². The molecular formula is C20H30O. The molecule has 0 N–H and O–H groups in total. The van der Waals surface area contributed by atoms with Crippen LogP contribution < -0.4 is 0 Å². The Morgan fingerprint density at radius 1 is 0.619 bits per heavy atom. The summed E-state index contributed by atoms with van der Waals surface area (Å²) in [6, 6.07) is 0. The number of rotatable bonds is 0. The Labute approximate surface area is 129 Å². The molecule has 1 nitrogen and oxygen atoms in total. The average Bonchev–Trinajstić information content (AvgIpc) is 3.14. The van der Waals surface area contributed by atoms with Gasteiger partial charge in [-0.3, -0.25) is 4.79 Å². The van der Waals surface area contributed by atoms with E-state index in [1.54, 1.807) is 0 Å². The van der Waals surface area contributed by atoms with Crippen molar-refractivity contribution in [3.05, 3.63) is 0 Å². The molecule has 116 valence electrons. The normalized spacial score (nSPS) is 55.5. The fourth-order valence-corrected chi connectivity index (χ4v) is 7.97. The molecule has 21 heavy (non-hydrogen) atoms. The molecule has 0 aromatic carbocycles. The third-order valence-electron chi connectivity index (χ3n) is 8.43. The van der Waals surface area contributed by atoms with Gasteiger partial charge < -0.3 is 0 Å². The van der Waals surface area contributed by atoms with Crippen LogP contribution in [-0.2, 0) is 4.79 Å². The highest BCUT2D eigenvalue weighted by atomic mass is 16.1. The van der Waals surface area contributed by atoms with Gasteiger partial charge in [0, 0.05) is 12.3 Å². The number of Topliss-reactive ketones (excluding diaryl/α,β-unsaturated/α-hetero) is 1. The van der Waals surface area contributed by atoms with E-state index in [4.69, 9.17) is 0 Å². The Hall–Kier alpha value is -0.330. The van der Waals surface area contributed by atoms with Gasteiger partial charge in [0.05, 0.1) is 0 Å². The number of carbonyl (C=O) groups is 1. The quantitative estimate of drug-likeness (QED) is 0.622. The van der Waals surface area contributed by atoms with Gasteiger partial charge in [-0.15, -0.1) is 0 Å². The number of hydrogen-bond acceptors (Lipinski definition) is 1. The van der Waals surface area contributed by atoms with Crippen molar-refractivity contribution in [2.75, 3.05) is 0 Å². The van der Waals surface area contributed by atoms with Crippen molar-refractivity contribution in [2.45, 2.75) is 70.6 Å². The summed E-state index contributed by atoms with van der Waals surface area (Å²) in [4.78, 5) is 12.8. The summed E-state index contributed by atoms with van der Waals surface area (Å²) in [5.74, 6) is 7.57. The summed E-state index contributed by atoms with van der Waals surface area (Å²) < 4.78 is 0. The van der Waals surface area contributed by atoms with E-state index >= 15 is 0 Å². The van der Waals surface area contributed by atoms with Crippen molar-refractivity contribution in [3.8, 4) is 0 Å². The third-order valence-corrected chi connectivity index (χ3v) is 8.43. The van der Waals surface area contributed by atoms with Crippen LogP contribution in [0.3, 0.4) is 0 Å². The van der Waals surface area contributed by atoms with Gasteiger partial charge >= 0.3 is 0 Å². The number of fused-ring (bicyclic) bond motifs is 3. The lowest BCUT2D eigenvalue weighted by atomic mass is 9.56. The summed E-state index contributed by atoms with van der Waals surface area (Å²) in [5.41, 5.74) is 0. The molecule has 0 spiro atoms. The van der Waals surface area contributed by atoms with Crippen LogP contribution in [0.1, 0.15) is 70.6 Å². The van der Waals surface area contributed by atoms with Crippen LogP contribution in [0.4, 0.5) is 0 Å². The Kier molecular flexibility index (Phi) is 3.02. The molecule has 5 aliphatic carbocycles. The highest BCUT2D eigenvalue weighted by molar-refractivity contribution is 5.84. The first-order valence-corrected chi connectivity index (χ1v) is 9.87. The largest absolute Gasteiger partial charge is 0.299 e. The lowest BCUT2D eigenvalue weighted by molar-refractivity contribution is -0.126. The number of hydrogen-bond donors (Lipinski definition) is 0. The molecule has 0 aromatic heterocycles. The van der Waals surface area contributed by atoms with Gasteiger partial charge in [0.1, 0.15) is 5.78 Å². The SMILES string of the molecule is O=C1CC2CCCCCC3CCC4C5CCCC5C1C2C34. The predicted molar refractivity (Wildman–Crippen MR) is 83.7 cm³/mol. The molecule has 5 saturated carbocycles. The summed E-state index contributed by atoms with van der Waals surface area (Å²) >= 11 is 0. The molecule has 0 heterocycles. The van der Waals surface area contributed by atoms with Crippen molar-refractivity contribution in [3.63, 3.8) is 0 Å². The molecule has 8 atom stereocenters. The first-order valence-electron chi connectivity index (χ1n) is 9.87. The molecule has 5 aliphatic rings. The fraction of sp³-hybridized carbons (Fsp3) is 0.950. The van der Waals surface area contributed by atoms with E-state index in [1.165, 1.54) is 64.2 Å². The Morgan fingerprint density at radius 3 is 2.33 bits per heavy atom. The van der Waals surface area contributed by atoms with Crippen LogP contribution in [-0.4, -0.2) is 5.78 Å². The highest BCUT2D eigenvalue weighted by Gasteiger charge is 2.61. The lowest BCUT2D eigenvalue weighted by Gasteiger charge is -2.47. The summed E-state index contributed by atoms with van der Waals surface area (Å²) in [5, 5.41) is 0. The topological polar surface area (TPSA) is 17.1 Å². The van der Waals surface area contributed by atoms with Crippen molar-refractivity contribution >= 4 is 5.78 Å². The van der Waals surface area contributed by atoms with E-state index in [1.807, 2.05) is 0 Å². The zero-order valence-corrected chi connectivity index (χ0v) is 13.3. The Bertz CT molecular complexity index is 441. The second-order valence-electron chi connectivity index (χ2n) is 9.01. The van der Waals surface area contributed by atoms with Crippen LogP contribution in [0.5, 0.6) is 0 Å². The lowest BCUT2D eigenvalue weighted by Crippen LogP contribution is -2.45. The van der Waals surface area contributed by atoms with Crippen LogP contribution in [0.15, 0.2) is 0 Å². The fourth-order valence-electron chi connectivity index (χ4n) is 7.97. The molecule has 5 rings (SSSR count). The third kappa shape index (κ3) is 1.78. The molecule has 1 heteroatoms. The highest BCUT2D eigenvalue weighted by Crippen LogP contribution is 2.65. The van der Waals surface area contributed by atoms with E-state index < -0.39 is 0 Å². The van der Waals surface area contributed by atoms with Gasteiger partial charge in [0.15, 0.2) is 0 Å². The maximum atomic E-state index is 12.8. The summed E-state index contributed by atoms with van der Waals surface area (Å²) in [7, 11) is 0. The van der Waals surface area contributed by atoms with E-state index in [0.29, 0.717) is 11.7 Å². The molecule has 0 aromatic rings. The van der Waals surface area contributed by atoms with Crippen molar-refractivity contribution in [1.82, 2.24) is 0 Å². The Balaban J connectivity index is 1.58. The minimum atomic E-state index is 0.516. The van der Waals surface area contributed by atoms with Gasteiger partial charge in [-0.1, -0.05) is 32.1 Å². The summed E-state index contributed by atoms with van der Waals surface area (Å²) in [6.07, 6.45) is 15.4. The maximum absolute atomic E-state index is 12.8. The smallest absolute Gasteiger partial charge is 0.136 e. The van der Waals surface area contributed by atoms with Crippen LogP contribution in [0, 0.1) is 47.3 Å². The van der Waals surface area contributed by atoms with Gasteiger partial charge in [-0.2, -0.15) is 0 Å². The van der Waals surface area contributed by atoms with Gasteiger partial charge in [0.2, 0.25) is 0 Å². The molecular weight excluding hydrogens is 256 g/mol. The molecule has 0 bridgehead atoms. The zero-order chi connectivity index (χ0) is 14.0. The van der Waals surface area contributed by atoms with Crippen LogP contribution in [0.25, 0.3) is 0 Å². The molecule has 0 radical (unpaired) electrons. The molecule has 0 aliphatic heterocycles. The van der Waals surface area contributed by atoms with Gasteiger partial charge in [-0.25, -0.2) is 0 Å². The number of carbonyl (C=O) groups excluding carboxylic acids is 1. The van der Waals surface area contributed by atoms with Crippen molar-refractivity contribution < 1.29 is 4.79 Å². The van der Waals surface area contributed by atoms with Gasteiger partial charge in [0.25, 0.3) is 0 Å². The average molecular weight is 286 g/mol. The van der Waals surface area contributed by atoms with E-state index in [-0.39, 0.29) is 0 Å². The first-order chi connectivity index (χ1) is 10.3. The number of ketones is 1. The van der Waals surface area contributed by atoms with Gasteiger partial charge in [-0.05, 0) is 73.5 Å². The minimum absolute atomic E-state index is 0.516. The zero-order valence-electron chi connectivity index (χ0n) is 13.3. The Morgan fingerprint density at radius 2 is 1.43 bits per heavy atom. The molecule has 8 unspecified atom stereocenters. The minimum Gasteiger partial charge on any atom is -0.299 e. The van der Waals surface area contributed by atoms with Crippen molar-refractivity contribution in [2.24, 2.45) is 47.3 Å². The summed E-state index contributed by atoms with van der Waals surface area (Å²) in [6.45, 7) is 0. The second kappa shape index (κ2) is 4.83. The molecule has 0 saturated heterocycles. The second-order valence-corrected chi connectivity index (χ2v) is 9.01. The van der Waals surface area contributed by atoms with E-state index in [2.05, 4.69) is 0 Å². The maximum Gasteiger partial charge on any atom is 0.136 e. The van der Waals surface area contributed by atoms with Crippen molar-refractivity contribution in [1.29, 1.82) is 0 Å². The molecule has 5 fully saturated rings. The standard InChI is InChI=1S/C20H30O/c21-17-11-13-6-3-1-2-5-12-9-10-16-14-7-4-8-15(14)20(17)19(13)18(12)16/h12-16,18-20H,1-11H2. The predicted octanol–water partition coefficient (Wildman–Crippen LogP) is 4.84. The van der Waals surface area contributed by atoms with Crippen LogP contribution in [0.2, 0.25) is 0 Å². The monoisotopic (exact) mass is 286 g/mol. The van der Waals surface area contributed by atoms with E-state index in [0.717, 1.165) is 47.8 Å². The molecule has 0 amide bonds.